The largest absolute Gasteiger partial charge is 0.469 e. The summed E-state index contributed by atoms with van der Waals surface area (Å²) in [6.45, 7) is 8.72. The van der Waals surface area contributed by atoms with E-state index in [-0.39, 0.29) is 11.4 Å². The molecule has 0 aliphatic heterocycles. The molecule has 0 radical (unpaired) electrons. The second kappa shape index (κ2) is 4.48. The fourth-order valence-corrected chi connectivity index (χ4v) is 0.815. The highest BCUT2D eigenvalue weighted by Gasteiger charge is 2.23. The third kappa shape index (κ3) is 3.74. The van der Waals surface area contributed by atoms with Gasteiger partial charge in [-0.3, -0.25) is 4.79 Å². The van der Waals surface area contributed by atoms with Crippen molar-refractivity contribution in [3.63, 3.8) is 0 Å². The quantitative estimate of drug-likeness (QED) is 0.609. The molecule has 0 bridgehead atoms. The molecule has 0 saturated carbocycles. The van der Waals surface area contributed by atoms with Crippen molar-refractivity contribution < 1.29 is 9.53 Å². The molecule has 0 rings (SSSR count). The highest BCUT2D eigenvalue weighted by molar-refractivity contribution is 5.69. The van der Waals surface area contributed by atoms with E-state index in [1.54, 1.807) is 0 Å². The van der Waals surface area contributed by atoms with Crippen LogP contribution in [-0.4, -0.2) is 13.1 Å². The Morgan fingerprint density at radius 2 is 1.92 bits per heavy atom. The van der Waals surface area contributed by atoms with E-state index in [4.69, 9.17) is 0 Å². The summed E-state index contributed by atoms with van der Waals surface area (Å²) >= 11 is 0. The summed E-state index contributed by atoms with van der Waals surface area (Å²) in [5.41, 5.74) is 0.230. The van der Waals surface area contributed by atoms with Gasteiger partial charge in [0, 0.05) is 6.42 Å². The summed E-state index contributed by atoms with van der Waals surface area (Å²) in [6, 6.07) is 0. The number of ether oxygens (including phenoxy) is 1. The van der Waals surface area contributed by atoms with E-state index in [0.717, 1.165) is 6.42 Å². The zero-order chi connectivity index (χ0) is 9.78. The molecule has 12 heavy (non-hydrogen) atoms. The third-order valence-corrected chi connectivity index (χ3v) is 2.76. The molecule has 0 aromatic heterocycles. The summed E-state index contributed by atoms with van der Waals surface area (Å²) in [5, 5.41) is 0. The molecule has 0 N–H and O–H groups in total. The van der Waals surface area contributed by atoms with Gasteiger partial charge in [-0.2, -0.15) is 0 Å². The van der Waals surface area contributed by atoms with Gasteiger partial charge in [0.1, 0.15) is 0 Å². The Balaban J connectivity index is 3.83. The van der Waals surface area contributed by atoms with Crippen LogP contribution in [0.1, 0.15) is 40.5 Å². The first-order chi connectivity index (χ1) is 5.40. The second-order valence-corrected chi connectivity index (χ2v) is 4.22. The van der Waals surface area contributed by atoms with Crippen molar-refractivity contribution in [1.82, 2.24) is 0 Å². The molecule has 2 heteroatoms. The maximum absolute atomic E-state index is 10.9. The summed E-state index contributed by atoms with van der Waals surface area (Å²) in [5.74, 6) is 0.492. The van der Waals surface area contributed by atoms with Gasteiger partial charge in [0.25, 0.3) is 0 Å². The average Bonchev–Trinajstić information content (AvgIpc) is 2.00. The summed E-state index contributed by atoms with van der Waals surface area (Å²) in [6.07, 6.45) is 1.43. The predicted molar refractivity (Wildman–Crippen MR) is 49.9 cm³/mol. The van der Waals surface area contributed by atoms with E-state index in [1.807, 2.05) is 0 Å². The predicted octanol–water partition coefficient (Wildman–Crippen LogP) is 2.62. The number of hydrogen-bond donors (Lipinski definition) is 0. The Bertz CT molecular complexity index is 148. The highest BCUT2D eigenvalue weighted by atomic mass is 16.5. The Labute approximate surface area is 75.3 Å². The zero-order valence-corrected chi connectivity index (χ0v) is 8.81. The van der Waals surface area contributed by atoms with Gasteiger partial charge >= 0.3 is 5.97 Å². The first-order valence-corrected chi connectivity index (χ1v) is 4.47. The van der Waals surface area contributed by atoms with E-state index >= 15 is 0 Å². The molecule has 0 amide bonds. The normalized spacial score (nSPS) is 11.8. The minimum absolute atomic E-state index is 0.108. The second-order valence-electron chi connectivity index (χ2n) is 4.22. The van der Waals surface area contributed by atoms with Gasteiger partial charge < -0.3 is 4.74 Å². The fraction of sp³-hybridized carbons (Fsp3) is 0.900. The SMILES string of the molecule is COC(=O)CCC(C)(C)C(C)C. The molecule has 0 spiro atoms. The number of rotatable bonds is 4. The lowest BCUT2D eigenvalue weighted by molar-refractivity contribution is -0.141. The van der Waals surface area contributed by atoms with Crippen molar-refractivity contribution in [2.75, 3.05) is 7.11 Å². The number of esters is 1. The smallest absolute Gasteiger partial charge is 0.305 e. The van der Waals surface area contributed by atoms with E-state index in [1.165, 1.54) is 7.11 Å². The van der Waals surface area contributed by atoms with Crippen LogP contribution >= 0.6 is 0 Å². The van der Waals surface area contributed by atoms with Crippen molar-refractivity contribution in [2.24, 2.45) is 11.3 Å². The van der Waals surface area contributed by atoms with Crippen LogP contribution in [0, 0.1) is 11.3 Å². The lowest BCUT2D eigenvalue weighted by atomic mass is 9.77. The summed E-state index contributed by atoms with van der Waals surface area (Å²) in [4.78, 5) is 10.9. The molecule has 0 aromatic carbocycles. The van der Waals surface area contributed by atoms with Crippen LogP contribution in [0.15, 0.2) is 0 Å². The maximum Gasteiger partial charge on any atom is 0.305 e. The van der Waals surface area contributed by atoms with Gasteiger partial charge in [0.2, 0.25) is 0 Å². The van der Waals surface area contributed by atoms with Gasteiger partial charge in [-0.15, -0.1) is 0 Å². The molecule has 0 atom stereocenters. The topological polar surface area (TPSA) is 26.3 Å². The molecular weight excluding hydrogens is 152 g/mol. The van der Waals surface area contributed by atoms with Crippen molar-refractivity contribution in [2.45, 2.75) is 40.5 Å². The molecule has 2 nitrogen and oxygen atoms in total. The van der Waals surface area contributed by atoms with Gasteiger partial charge in [-0.25, -0.2) is 0 Å². The van der Waals surface area contributed by atoms with Crippen LogP contribution in [0.25, 0.3) is 0 Å². The van der Waals surface area contributed by atoms with Crippen LogP contribution in [0.5, 0.6) is 0 Å². The van der Waals surface area contributed by atoms with E-state index < -0.39 is 0 Å². The van der Waals surface area contributed by atoms with Gasteiger partial charge in [-0.1, -0.05) is 27.7 Å². The Kier molecular flexibility index (Phi) is 4.29. The van der Waals surface area contributed by atoms with Crippen molar-refractivity contribution in [1.29, 1.82) is 0 Å². The fourth-order valence-electron chi connectivity index (χ4n) is 0.815. The number of methoxy groups -OCH3 is 1. The Morgan fingerprint density at radius 3 is 2.25 bits per heavy atom. The number of carbonyl (C=O) groups is 1. The van der Waals surface area contributed by atoms with E-state index in [0.29, 0.717) is 12.3 Å². The average molecular weight is 172 g/mol. The first kappa shape index (κ1) is 11.5. The standard InChI is InChI=1S/C10H20O2/c1-8(2)10(3,4)7-6-9(11)12-5/h8H,6-7H2,1-5H3. The van der Waals surface area contributed by atoms with Crippen molar-refractivity contribution in [3.05, 3.63) is 0 Å². The number of hydrogen-bond acceptors (Lipinski definition) is 2. The van der Waals surface area contributed by atoms with Crippen LogP contribution in [0.2, 0.25) is 0 Å². The first-order valence-electron chi connectivity index (χ1n) is 4.47. The monoisotopic (exact) mass is 172 g/mol. The van der Waals surface area contributed by atoms with Gasteiger partial charge in [0.15, 0.2) is 0 Å². The van der Waals surface area contributed by atoms with Crippen LogP contribution in [0.4, 0.5) is 0 Å². The lowest BCUT2D eigenvalue weighted by Gasteiger charge is -2.28. The van der Waals surface area contributed by atoms with E-state index in [2.05, 4.69) is 32.4 Å². The molecule has 0 fully saturated rings. The number of carbonyl (C=O) groups excluding carboxylic acids is 1. The zero-order valence-electron chi connectivity index (χ0n) is 8.81. The minimum atomic E-state index is -0.108. The van der Waals surface area contributed by atoms with Crippen molar-refractivity contribution in [3.8, 4) is 0 Å². The molecule has 72 valence electrons. The maximum atomic E-state index is 10.9. The molecule has 0 saturated heterocycles. The van der Waals surface area contributed by atoms with E-state index in [9.17, 15) is 4.79 Å². The summed E-state index contributed by atoms with van der Waals surface area (Å²) in [7, 11) is 1.44. The Hall–Kier alpha value is -0.530. The lowest BCUT2D eigenvalue weighted by Crippen LogP contribution is -2.20. The van der Waals surface area contributed by atoms with Crippen LogP contribution in [0.3, 0.4) is 0 Å². The Morgan fingerprint density at radius 1 is 1.42 bits per heavy atom. The molecule has 0 heterocycles. The molecule has 0 unspecified atom stereocenters. The summed E-state index contributed by atoms with van der Waals surface area (Å²) < 4.78 is 4.59. The molecule has 0 aromatic rings. The molecule has 0 aliphatic carbocycles. The molecule has 0 aliphatic rings. The van der Waals surface area contributed by atoms with Gasteiger partial charge in [-0.05, 0) is 17.8 Å². The van der Waals surface area contributed by atoms with Crippen LogP contribution in [-0.2, 0) is 9.53 Å². The third-order valence-electron chi connectivity index (χ3n) is 2.76. The highest BCUT2D eigenvalue weighted by Crippen LogP contribution is 2.31. The van der Waals surface area contributed by atoms with Crippen molar-refractivity contribution >= 4 is 5.97 Å². The minimum Gasteiger partial charge on any atom is -0.469 e. The van der Waals surface area contributed by atoms with Gasteiger partial charge in [0.05, 0.1) is 7.11 Å². The van der Waals surface area contributed by atoms with Crippen LogP contribution < -0.4 is 0 Å². The molecular formula is C10H20O2.